The number of nitrogens with zero attached hydrogens (tertiary/aromatic N) is 1. The first-order valence-electron chi connectivity index (χ1n) is 6.51. The molecule has 19 heavy (non-hydrogen) atoms. The third kappa shape index (κ3) is 3.94. The number of urea groups is 1. The standard InChI is InChI=1S/C14H19BrN2O2/c1-10-5-6-17(9-13(10)18)14(19)16-8-11-3-2-4-12(15)7-11/h2-4,7,10,13,18H,5-6,8-9H2,1H3,(H,16,19). The van der Waals surface area contributed by atoms with Crippen LogP contribution < -0.4 is 5.32 Å². The normalized spacial score (nSPS) is 23.2. The lowest BCUT2D eigenvalue weighted by Gasteiger charge is -2.34. The maximum atomic E-state index is 12.0. The van der Waals surface area contributed by atoms with E-state index in [9.17, 15) is 9.90 Å². The van der Waals surface area contributed by atoms with Crippen LogP contribution in [0.5, 0.6) is 0 Å². The number of likely N-dealkylation sites (tertiary alicyclic amines) is 1. The molecule has 5 heteroatoms. The predicted octanol–water partition coefficient (Wildman–Crippen LogP) is 2.36. The molecule has 0 radical (unpaired) electrons. The third-order valence-electron chi connectivity index (χ3n) is 3.54. The van der Waals surface area contributed by atoms with Crippen LogP contribution in [0.15, 0.2) is 28.7 Å². The highest BCUT2D eigenvalue weighted by atomic mass is 79.9. The average molecular weight is 327 g/mol. The Kier molecular flexibility index (Phi) is 4.82. The first-order valence-corrected chi connectivity index (χ1v) is 7.31. The van der Waals surface area contributed by atoms with Gasteiger partial charge >= 0.3 is 6.03 Å². The van der Waals surface area contributed by atoms with Gasteiger partial charge in [-0.1, -0.05) is 35.0 Å². The number of aliphatic hydroxyl groups is 1. The molecule has 1 aliphatic heterocycles. The molecule has 2 atom stereocenters. The van der Waals surface area contributed by atoms with Crippen LogP contribution in [-0.4, -0.2) is 35.2 Å². The van der Waals surface area contributed by atoms with E-state index in [0.717, 1.165) is 16.5 Å². The number of hydrogen-bond acceptors (Lipinski definition) is 2. The molecule has 104 valence electrons. The number of β-amino-alcohol motifs (C(OH)–C–C–N with tert-alkyl or cyclic N) is 1. The van der Waals surface area contributed by atoms with Gasteiger partial charge in [0.15, 0.2) is 0 Å². The second kappa shape index (κ2) is 6.39. The van der Waals surface area contributed by atoms with Gasteiger partial charge in [-0.2, -0.15) is 0 Å². The summed E-state index contributed by atoms with van der Waals surface area (Å²) in [5.74, 6) is 0.272. The van der Waals surface area contributed by atoms with Crippen LogP contribution in [0.4, 0.5) is 4.79 Å². The Morgan fingerprint density at radius 3 is 3.05 bits per heavy atom. The van der Waals surface area contributed by atoms with E-state index in [1.54, 1.807) is 4.90 Å². The molecule has 1 fully saturated rings. The summed E-state index contributed by atoms with van der Waals surface area (Å²) in [7, 11) is 0. The second-order valence-electron chi connectivity index (χ2n) is 5.07. The maximum absolute atomic E-state index is 12.0. The second-order valence-corrected chi connectivity index (χ2v) is 5.98. The van der Waals surface area contributed by atoms with Crippen molar-refractivity contribution in [3.8, 4) is 0 Å². The molecular weight excluding hydrogens is 308 g/mol. The lowest BCUT2D eigenvalue weighted by Crippen LogP contribution is -2.49. The van der Waals surface area contributed by atoms with Gasteiger partial charge in [-0.15, -0.1) is 0 Å². The number of carbonyl (C=O) groups is 1. The van der Waals surface area contributed by atoms with Gasteiger partial charge in [0.25, 0.3) is 0 Å². The van der Waals surface area contributed by atoms with Crippen molar-refractivity contribution in [2.75, 3.05) is 13.1 Å². The topological polar surface area (TPSA) is 52.6 Å². The molecule has 0 aromatic heterocycles. The van der Waals surface area contributed by atoms with E-state index in [2.05, 4.69) is 21.2 Å². The van der Waals surface area contributed by atoms with E-state index in [0.29, 0.717) is 19.6 Å². The zero-order chi connectivity index (χ0) is 13.8. The van der Waals surface area contributed by atoms with Crippen LogP contribution in [0.1, 0.15) is 18.9 Å². The van der Waals surface area contributed by atoms with Crippen molar-refractivity contribution in [2.24, 2.45) is 5.92 Å². The molecular formula is C14H19BrN2O2. The van der Waals surface area contributed by atoms with Gasteiger partial charge in [-0.3, -0.25) is 0 Å². The van der Waals surface area contributed by atoms with Gasteiger partial charge in [0.2, 0.25) is 0 Å². The van der Waals surface area contributed by atoms with E-state index < -0.39 is 6.10 Å². The van der Waals surface area contributed by atoms with E-state index in [1.807, 2.05) is 31.2 Å². The fraction of sp³-hybridized carbons (Fsp3) is 0.500. The van der Waals surface area contributed by atoms with Crippen LogP contribution in [0, 0.1) is 5.92 Å². The number of halogens is 1. The molecule has 2 rings (SSSR count). The first-order chi connectivity index (χ1) is 9.06. The van der Waals surface area contributed by atoms with E-state index in [4.69, 9.17) is 0 Å². The van der Waals surface area contributed by atoms with E-state index in [-0.39, 0.29) is 11.9 Å². The molecule has 2 N–H and O–H groups in total. The Balaban J connectivity index is 1.84. The van der Waals surface area contributed by atoms with Crippen LogP contribution in [0.2, 0.25) is 0 Å². The zero-order valence-electron chi connectivity index (χ0n) is 11.0. The predicted molar refractivity (Wildman–Crippen MR) is 77.7 cm³/mol. The van der Waals surface area contributed by atoms with Crippen molar-refractivity contribution in [2.45, 2.75) is 26.0 Å². The van der Waals surface area contributed by atoms with Gasteiger partial charge in [0, 0.05) is 24.1 Å². The summed E-state index contributed by atoms with van der Waals surface area (Å²) < 4.78 is 1.00. The van der Waals surface area contributed by atoms with Gasteiger partial charge in [-0.25, -0.2) is 4.79 Å². The molecule has 1 heterocycles. The molecule has 0 spiro atoms. The molecule has 0 saturated carbocycles. The van der Waals surface area contributed by atoms with Crippen LogP contribution in [-0.2, 0) is 6.54 Å². The molecule has 1 aliphatic rings. The number of amides is 2. The molecule has 2 unspecified atom stereocenters. The summed E-state index contributed by atoms with van der Waals surface area (Å²) in [6.45, 7) is 3.65. The van der Waals surface area contributed by atoms with Gasteiger partial charge < -0.3 is 15.3 Å². The van der Waals surface area contributed by atoms with Crippen molar-refractivity contribution in [1.29, 1.82) is 0 Å². The van der Waals surface area contributed by atoms with Crippen LogP contribution >= 0.6 is 15.9 Å². The number of aliphatic hydroxyl groups excluding tert-OH is 1. The van der Waals surface area contributed by atoms with Crippen LogP contribution in [0.3, 0.4) is 0 Å². The summed E-state index contributed by atoms with van der Waals surface area (Å²) in [5, 5.41) is 12.7. The number of nitrogens with one attached hydrogen (secondary N) is 1. The fourth-order valence-electron chi connectivity index (χ4n) is 2.17. The van der Waals surface area contributed by atoms with Gasteiger partial charge in [-0.05, 0) is 30.0 Å². The Labute approximate surface area is 121 Å². The van der Waals surface area contributed by atoms with Crippen molar-refractivity contribution < 1.29 is 9.90 Å². The Morgan fingerprint density at radius 1 is 1.58 bits per heavy atom. The highest BCUT2D eigenvalue weighted by molar-refractivity contribution is 9.10. The minimum atomic E-state index is -0.412. The van der Waals surface area contributed by atoms with Gasteiger partial charge in [0.1, 0.15) is 0 Å². The lowest BCUT2D eigenvalue weighted by molar-refractivity contribution is 0.0435. The van der Waals surface area contributed by atoms with Crippen molar-refractivity contribution in [3.63, 3.8) is 0 Å². The number of hydrogen-bond donors (Lipinski definition) is 2. The summed E-state index contributed by atoms with van der Waals surface area (Å²) in [6, 6.07) is 7.74. The Hall–Kier alpha value is -1.07. The molecule has 0 bridgehead atoms. The maximum Gasteiger partial charge on any atom is 0.317 e. The summed E-state index contributed by atoms with van der Waals surface area (Å²) in [5.41, 5.74) is 1.05. The monoisotopic (exact) mass is 326 g/mol. The quantitative estimate of drug-likeness (QED) is 0.876. The number of carbonyl (C=O) groups excluding carboxylic acids is 1. The van der Waals surface area contributed by atoms with Crippen molar-refractivity contribution >= 4 is 22.0 Å². The largest absolute Gasteiger partial charge is 0.391 e. The lowest BCUT2D eigenvalue weighted by atomic mass is 9.96. The average Bonchev–Trinajstić information content (AvgIpc) is 2.39. The zero-order valence-corrected chi connectivity index (χ0v) is 12.6. The number of benzene rings is 1. The SMILES string of the molecule is CC1CCN(C(=O)NCc2cccc(Br)c2)CC1O. The number of piperidine rings is 1. The minimum absolute atomic E-state index is 0.106. The fourth-order valence-corrected chi connectivity index (χ4v) is 2.62. The van der Waals surface area contributed by atoms with Crippen LogP contribution in [0.25, 0.3) is 0 Å². The summed E-state index contributed by atoms with van der Waals surface area (Å²) in [4.78, 5) is 13.7. The Morgan fingerprint density at radius 2 is 2.37 bits per heavy atom. The molecule has 4 nitrogen and oxygen atoms in total. The highest BCUT2D eigenvalue weighted by Crippen LogP contribution is 2.17. The summed E-state index contributed by atoms with van der Waals surface area (Å²) in [6.07, 6.45) is 0.441. The molecule has 1 saturated heterocycles. The highest BCUT2D eigenvalue weighted by Gasteiger charge is 2.26. The van der Waals surface area contributed by atoms with Crippen molar-refractivity contribution in [3.05, 3.63) is 34.3 Å². The summed E-state index contributed by atoms with van der Waals surface area (Å²) >= 11 is 3.40. The first kappa shape index (κ1) is 14.3. The van der Waals surface area contributed by atoms with E-state index in [1.165, 1.54) is 0 Å². The molecule has 0 aliphatic carbocycles. The molecule has 2 amide bonds. The van der Waals surface area contributed by atoms with Gasteiger partial charge in [0.05, 0.1) is 6.10 Å². The van der Waals surface area contributed by atoms with Crippen molar-refractivity contribution in [1.82, 2.24) is 10.2 Å². The number of rotatable bonds is 2. The third-order valence-corrected chi connectivity index (χ3v) is 4.03. The molecule has 1 aromatic carbocycles. The van der Waals surface area contributed by atoms with E-state index >= 15 is 0 Å². The minimum Gasteiger partial charge on any atom is -0.391 e. The Bertz CT molecular complexity index is 453. The smallest absolute Gasteiger partial charge is 0.317 e. The molecule has 1 aromatic rings.